The van der Waals surface area contributed by atoms with Crippen LogP contribution in [-0.4, -0.2) is 39.5 Å². The number of aliphatic hydroxyl groups is 3. The third kappa shape index (κ3) is 7.52. The van der Waals surface area contributed by atoms with E-state index in [0.717, 1.165) is 11.3 Å². The van der Waals surface area contributed by atoms with Gasteiger partial charge < -0.3 is 21.1 Å². The van der Waals surface area contributed by atoms with E-state index in [1.54, 1.807) is 12.2 Å². The Hall–Kier alpha value is -0.600. The van der Waals surface area contributed by atoms with E-state index in [1.807, 2.05) is 12.2 Å². The molecule has 0 spiro atoms. The Kier molecular flexibility index (Phi) is 10.6. The molecule has 0 aliphatic heterocycles. The Balaban J connectivity index is 1.86. The standard InChI is InChI=1S/C21H28Cl3NO4S/c22-19-17(30-21(24)20(19)23)10-8-12(26)7-9-14-13(15(27)11-16(14)28)5-3-1-2-4-6-18(25)29/h1,3,7,9,12-16,26-28H,2,4-6,8,10-11H2,(H2,25,29)/b3-1-,9-7+/t12?,13-,14-,15?,16?/m1/s1. The molecule has 1 aromatic heterocycles. The van der Waals surface area contributed by atoms with Gasteiger partial charge in [-0.3, -0.25) is 4.79 Å². The Labute approximate surface area is 196 Å². The first-order valence-electron chi connectivity index (χ1n) is 9.98. The van der Waals surface area contributed by atoms with Crippen LogP contribution in [0.2, 0.25) is 14.4 Å². The first kappa shape index (κ1) is 25.7. The second kappa shape index (κ2) is 12.4. The van der Waals surface area contributed by atoms with Gasteiger partial charge in [0.25, 0.3) is 0 Å². The monoisotopic (exact) mass is 495 g/mol. The summed E-state index contributed by atoms with van der Waals surface area (Å²) in [7, 11) is 0. The molecule has 168 valence electrons. The number of hydrogen-bond donors (Lipinski definition) is 4. The molecule has 1 aromatic rings. The molecule has 1 amide bonds. The molecular formula is C21H28Cl3NO4S. The Morgan fingerprint density at radius 3 is 2.57 bits per heavy atom. The van der Waals surface area contributed by atoms with Crippen LogP contribution in [-0.2, 0) is 11.2 Å². The van der Waals surface area contributed by atoms with E-state index in [2.05, 4.69) is 0 Å². The van der Waals surface area contributed by atoms with Gasteiger partial charge in [-0.1, -0.05) is 59.1 Å². The molecule has 1 saturated carbocycles. The van der Waals surface area contributed by atoms with Crippen molar-refractivity contribution < 1.29 is 20.1 Å². The van der Waals surface area contributed by atoms with Gasteiger partial charge in [-0.05, 0) is 38.0 Å². The highest BCUT2D eigenvalue weighted by atomic mass is 35.5. The fourth-order valence-corrected chi connectivity index (χ4v) is 5.56. The average Bonchev–Trinajstić information content (AvgIpc) is 3.09. The summed E-state index contributed by atoms with van der Waals surface area (Å²) in [6.45, 7) is 0. The maximum absolute atomic E-state index is 10.7. The lowest BCUT2D eigenvalue weighted by Crippen LogP contribution is -2.20. The van der Waals surface area contributed by atoms with Gasteiger partial charge in [0.15, 0.2) is 0 Å². The third-order valence-corrected chi connectivity index (χ3v) is 8.00. The maximum Gasteiger partial charge on any atom is 0.217 e. The fraction of sp³-hybridized carbons (Fsp3) is 0.571. The summed E-state index contributed by atoms with van der Waals surface area (Å²) >= 11 is 19.4. The number of primary amides is 1. The van der Waals surface area contributed by atoms with Crippen molar-refractivity contribution >= 4 is 52.0 Å². The molecule has 0 aromatic carbocycles. The molecule has 1 aliphatic rings. The van der Waals surface area contributed by atoms with Crippen molar-refractivity contribution in [2.24, 2.45) is 17.6 Å². The number of aliphatic hydroxyl groups excluding tert-OH is 3. The highest BCUT2D eigenvalue weighted by Gasteiger charge is 2.39. The van der Waals surface area contributed by atoms with Crippen molar-refractivity contribution in [3.05, 3.63) is 43.6 Å². The number of aryl methyl sites for hydroxylation is 1. The van der Waals surface area contributed by atoms with Gasteiger partial charge in [-0.25, -0.2) is 0 Å². The number of halogens is 3. The molecule has 9 heteroatoms. The van der Waals surface area contributed by atoms with Gasteiger partial charge in [0, 0.05) is 23.6 Å². The first-order valence-corrected chi connectivity index (χ1v) is 11.9. The van der Waals surface area contributed by atoms with Crippen LogP contribution >= 0.6 is 46.1 Å². The van der Waals surface area contributed by atoms with E-state index in [0.29, 0.717) is 52.9 Å². The number of unbranched alkanes of at least 4 members (excludes halogenated alkanes) is 1. The number of carbonyl (C=O) groups is 1. The van der Waals surface area contributed by atoms with Crippen LogP contribution in [0.25, 0.3) is 0 Å². The SMILES string of the molecule is NC(=O)CCC/C=C\C[C@H]1C(O)CC(O)[C@@H]1/C=C/C(O)CCc1sc(Cl)c(Cl)c1Cl. The van der Waals surface area contributed by atoms with Crippen molar-refractivity contribution in [1.29, 1.82) is 0 Å². The smallest absolute Gasteiger partial charge is 0.217 e. The van der Waals surface area contributed by atoms with Gasteiger partial charge in [0.1, 0.15) is 4.34 Å². The normalized spacial score (nSPS) is 25.5. The predicted molar refractivity (Wildman–Crippen MR) is 123 cm³/mol. The minimum Gasteiger partial charge on any atom is -0.393 e. The summed E-state index contributed by atoms with van der Waals surface area (Å²) in [5.74, 6) is -0.673. The largest absolute Gasteiger partial charge is 0.393 e. The molecule has 3 unspecified atom stereocenters. The summed E-state index contributed by atoms with van der Waals surface area (Å²) in [4.78, 5) is 11.6. The highest BCUT2D eigenvalue weighted by molar-refractivity contribution is 7.17. The average molecular weight is 497 g/mol. The summed E-state index contributed by atoms with van der Waals surface area (Å²) < 4.78 is 0.440. The van der Waals surface area contributed by atoms with Gasteiger partial charge in [-0.15, -0.1) is 11.3 Å². The van der Waals surface area contributed by atoms with E-state index in [-0.39, 0.29) is 17.7 Å². The quantitative estimate of drug-likeness (QED) is 0.267. The number of nitrogens with two attached hydrogens (primary N) is 1. The summed E-state index contributed by atoms with van der Waals surface area (Å²) in [5.41, 5.74) is 5.12. The van der Waals surface area contributed by atoms with E-state index in [9.17, 15) is 20.1 Å². The number of allylic oxidation sites excluding steroid dienone is 2. The van der Waals surface area contributed by atoms with Crippen molar-refractivity contribution in [1.82, 2.24) is 0 Å². The van der Waals surface area contributed by atoms with E-state index in [1.165, 1.54) is 11.3 Å². The van der Waals surface area contributed by atoms with Crippen LogP contribution in [0.1, 0.15) is 43.4 Å². The number of thiophene rings is 1. The third-order valence-electron chi connectivity index (χ3n) is 5.33. The topological polar surface area (TPSA) is 104 Å². The molecule has 30 heavy (non-hydrogen) atoms. The second-order valence-electron chi connectivity index (χ2n) is 7.60. The molecule has 5 N–H and O–H groups in total. The van der Waals surface area contributed by atoms with Gasteiger partial charge >= 0.3 is 0 Å². The van der Waals surface area contributed by atoms with E-state index >= 15 is 0 Å². The predicted octanol–water partition coefficient (Wildman–Crippen LogP) is 4.52. The van der Waals surface area contributed by atoms with Crippen molar-refractivity contribution in [2.45, 2.75) is 63.3 Å². The van der Waals surface area contributed by atoms with Crippen molar-refractivity contribution in [2.75, 3.05) is 0 Å². The number of amides is 1. The van der Waals surface area contributed by atoms with Crippen molar-refractivity contribution in [3.63, 3.8) is 0 Å². The Morgan fingerprint density at radius 1 is 1.20 bits per heavy atom. The minimum atomic E-state index is -0.712. The molecule has 0 radical (unpaired) electrons. The molecule has 1 aliphatic carbocycles. The lowest BCUT2D eigenvalue weighted by atomic mass is 9.89. The van der Waals surface area contributed by atoms with Crippen LogP contribution in [0, 0.1) is 11.8 Å². The summed E-state index contributed by atoms with van der Waals surface area (Å²) in [5, 5.41) is 31.7. The van der Waals surface area contributed by atoms with E-state index < -0.39 is 18.3 Å². The van der Waals surface area contributed by atoms with Crippen LogP contribution in [0.15, 0.2) is 24.3 Å². The summed E-state index contributed by atoms with van der Waals surface area (Å²) in [6.07, 6.45) is 9.14. The molecule has 1 heterocycles. The van der Waals surface area contributed by atoms with Crippen molar-refractivity contribution in [3.8, 4) is 0 Å². The zero-order valence-electron chi connectivity index (χ0n) is 16.5. The van der Waals surface area contributed by atoms with E-state index in [4.69, 9.17) is 40.5 Å². The Morgan fingerprint density at radius 2 is 1.93 bits per heavy atom. The highest BCUT2D eigenvalue weighted by Crippen LogP contribution is 2.41. The lowest BCUT2D eigenvalue weighted by Gasteiger charge is -2.19. The number of rotatable bonds is 11. The van der Waals surface area contributed by atoms with Crippen LogP contribution in [0.5, 0.6) is 0 Å². The molecule has 5 nitrogen and oxygen atoms in total. The van der Waals surface area contributed by atoms with Gasteiger partial charge in [0.2, 0.25) is 5.91 Å². The zero-order valence-corrected chi connectivity index (χ0v) is 19.6. The van der Waals surface area contributed by atoms with Gasteiger partial charge in [0.05, 0.1) is 28.4 Å². The molecule has 0 bridgehead atoms. The molecule has 5 atom stereocenters. The number of carbonyl (C=O) groups excluding carboxylic acids is 1. The molecule has 0 saturated heterocycles. The minimum absolute atomic E-state index is 0.125. The Bertz CT molecular complexity index is 768. The number of hydrogen-bond acceptors (Lipinski definition) is 5. The second-order valence-corrected chi connectivity index (χ2v) is 10.1. The summed E-state index contributed by atoms with van der Waals surface area (Å²) in [6, 6.07) is 0. The van der Waals surface area contributed by atoms with Crippen LogP contribution < -0.4 is 5.73 Å². The first-order chi connectivity index (χ1) is 14.2. The lowest BCUT2D eigenvalue weighted by molar-refractivity contribution is -0.118. The van der Waals surface area contributed by atoms with Crippen LogP contribution in [0.4, 0.5) is 0 Å². The van der Waals surface area contributed by atoms with Crippen LogP contribution in [0.3, 0.4) is 0 Å². The maximum atomic E-state index is 10.7. The molecule has 2 rings (SSSR count). The molecular weight excluding hydrogens is 469 g/mol. The fourth-order valence-electron chi connectivity index (χ4n) is 3.67. The molecule has 1 fully saturated rings. The zero-order chi connectivity index (χ0) is 22.3. The van der Waals surface area contributed by atoms with Gasteiger partial charge in [-0.2, -0.15) is 0 Å².